The first kappa shape index (κ1) is 11.4. The molecule has 1 aromatic rings. The van der Waals surface area contributed by atoms with Gasteiger partial charge in [-0.05, 0) is 24.8 Å². The first-order chi connectivity index (χ1) is 7.79. The second-order valence-corrected chi connectivity index (χ2v) is 4.80. The van der Waals surface area contributed by atoms with Crippen molar-refractivity contribution in [1.82, 2.24) is 4.98 Å². The molecule has 0 aromatic carbocycles. The van der Waals surface area contributed by atoms with E-state index >= 15 is 0 Å². The monoisotopic (exact) mass is 220 g/mol. The van der Waals surface area contributed by atoms with E-state index < -0.39 is 0 Å². The van der Waals surface area contributed by atoms with Gasteiger partial charge in [-0.2, -0.15) is 0 Å². The van der Waals surface area contributed by atoms with Crippen LogP contribution < -0.4 is 5.32 Å². The lowest BCUT2D eigenvalue weighted by Gasteiger charge is -2.28. The van der Waals surface area contributed by atoms with Gasteiger partial charge >= 0.3 is 0 Å². The van der Waals surface area contributed by atoms with Crippen molar-refractivity contribution in [1.29, 1.82) is 0 Å². The van der Waals surface area contributed by atoms with Crippen LogP contribution in [0.1, 0.15) is 38.2 Å². The van der Waals surface area contributed by atoms with Gasteiger partial charge in [0.15, 0.2) is 0 Å². The SMILES string of the molecule is CC1CCCC(Nc2cnccc2CO)C1. The quantitative estimate of drug-likeness (QED) is 0.823. The van der Waals surface area contributed by atoms with Crippen molar-refractivity contribution in [3.05, 3.63) is 24.0 Å². The van der Waals surface area contributed by atoms with Crippen molar-refractivity contribution < 1.29 is 5.11 Å². The van der Waals surface area contributed by atoms with Crippen LogP contribution in [-0.2, 0) is 6.61 Å². The first-order valence-corrected chi connectivity index (χ1v) is 6.10. The molecule has 1 aliphatic rings. The molecule has 0 radical (unpaired) electrons. The largest absolute Gasteiger partial charge is 0.392 e. The van der Waals surface area contributed by atoms with E-state index in [1.807, 2.05) is 12.3 Å². The minimum absolute atomic E-state index is 0.0765. The van der Waals surface area contributed by atoms with Crippen LogP contribution in [0.3, 0.4) is 0 Å². The highest BCUT2D eigenvalue weighted by atomic mass is 16.3. The maximum atomic E-state index is 9.23. The summed E-state index contributed by atoms with van der Waals surface area (Å²) in [6.07, 6.45) is 8.63. The van der Waals surface area contributed by atoms with Crippen LogP contribution in [0.4, 0.5) is 5.69 Å². The fourth-order valence-corrected chi connectivity index (χ4v) is 2.48. The molecular weight excluding hydrogens is 200 g/mol. The van der Waals surface area contributed by atoms with Gasteiger partial charge in [-0.25, -0.2) is 0 Å². The zero-order valence-electron chi connectivity index (χ0n) is 9.82. The predicted octanol–water partition coefficient (Wildman–Crippen LogP) is 2.56. The van der Waals surface area contributed by atoms with Gasteiger partial charge in [-0.3, -0.25) is 4.98 Å². The van der Waals surface area contributed by atoms with Crippen LogP contribution >= 0.6 is 0 Å². The first-order valence-electron chi connectivity index (χ1n) is 6.10. The van der Waals surface area contributed by atoms with Crippen molar-refractivity contribution in [2.75, 3.05) is 5.32 Å². The Morgan fingerprint density at radius 1 is 1.50 bits per heavy atom. The smallest absolute Gasteiger partial charge is 0.0703 e. The highest BCUT2D eigenvalue weighted by Crippen LogP contribution is 2.27. The molecule has 1 fully saturated rings. The summed E-state index contributed by atoms with van der Waals surface area (Å²) in [5, 5.41) is 12.7. The van der Waals surface area contributed by atoms with Gasteiger partial charge in [0.25, 0.3) is 0 Å². The third-order valence-corrected chi connectivity index (χ3v) is 3.38. The van der Waals surface area contributed by atoms with Gasteiger partial charge in [0, 0.05) is 17.8 Å². The van der Waals surface area contributed by atoms with E-state index in [-0.39, 0.29) is 6.61 Å². The standard InChI is InChI=1S/C13H20N2O/c1-10-3-2-4-12(7-10)15-13-8-14-6-5-11(13)9-16/h5-6,8,10,12,15-16H,2-4,7,9H2,1H3. The van der Waals surface area contributed by atoms with E-state index in [9.17, 15) is 5.11 Å². The third-order valence-electron chi connectivity index (χ3n) is 3.38. The van der Waals surface area contributed by atoms with Gasteiger partial charge in [0.2, 0.25) is 0 Å². The van der Waals surface area contributed by atoms with Crippen molar-refractivity contribution in [3.63, 3.8) is 0 Å². The summed E-state index contributed by atoms with van der Waals surface area (Å²) >= 11 is 0. The van der Waals surface area contributed by atoms with E-state index in [2.05, 4.69) is 17.2 Å². The van der Waals surface area contributed by atoms with Gasteiger partial charge < -0.3 is 10.4 Å². The van der Waals surface area contributed by atoms with Gasteiger partial charge in [0.05, 0.1) is 18.5 Å². The van der Waals surface area contributed by atoms with Gasteiger partial charge in [-0.1, -0.05) is 19.8 Å². The Balaban J connectivity index is 2.02. The second kappa shape index (κ2) is 5.30. The normalized spacial score (nSPS) is 25.4. The number of hydrogen-bond donors (Lipinski definition) is 2. The summed E-state index contributed by atoms with van der Waals surface area (Å²) in [5.74, 6) is 0.806. The zero-order valence-corrected chi connectivity index (χ0v) is 9.82. The van der Waals surface area contributed by atoms with E-state index in [0.717, 1.165) is 17.2 Å². The topological polar surface area (TPSA) is 45.2 Å². The zero-order chi connectivity index (χ0) is 11.4. The molecule has 0 saturated heterocycles. The number of aliphatic hydroxyl groups excluding tert-OH is 1. The lowest BCUT2D eigenvalue weighted by Crippen LogP contribution is -2.26. The van der Waals surface area contributed by atoms with Crippen molar-refractivity contribution in [2.45, 2.75) is 45.3 Å². The molecule has 88 valence electrons. The second-order valence-electron chi connectivity index (χ2n) is 4.80. The Bertz CT molecular complexity index is 340. The molecule has 1 heterocycles. The Morgan fingerprint density at radius 3 is 3.12 bits per heavy atom. The van der Waals surface area contributed by atoms with Crippen molar-refractivity contribution in [3.8, 4) is 0 Å². The molecule has 0 aliphatic heterocycles. The lowest BCUT2D eigenvalue weighted by atomic mass is 9.87. The summed E-state index contributed by atoms with van der Waals surface area (Å²) in [5.41, 5.74) is 1.93. The lowest BCUT2D eigenvalue weighted by molar-refractivity contribution is 0.282. The van der Waals surface area contributed by atoms with Crippen LogP contribution in [-0.4, -0.2) is 16.1 Å². The summed E-state index contributed by atoms with van der Waals surface area (Å²) in [6, 6.07) is 2.41. The molecule has 1 aromatic heterocycles. The molecule has 0 amide bonds. The maximum absolute atomic E-state index is 9.23. The van der Waals surface area contributed by atoms with Crippen LogP contribution in [0, 0.1) is 5.92 Å². The van der Waals surface area contributed by atoms with Crippen LogP contribution in [0.5, 0.6) is 0 Å². The van der Waals surface area contributed by atoms with Crippen LogP contribution in [0.2, 0.25) is 0 Å². The Morgan fingerprint density at radius 2 is 2.38 bits per heavy atom. The molecule has 3 heteroatoms. The molecule has 1 aliphatic carbocycles. The minimum atomic E-state index is 0.0765. The van der Waals surface area contributed by atoms with E-state index in [4.69, 9.17) is 0 Å². The maximum Gasteiger partial charge on any atom is 0.0703 e. The fraction of sp³-hybridized carbons (Fsp3) is 0.615. The Labute approximate surface area is 96.9 Å². The van der Waals surface area contributed by atoms with Gasteiger partial charge in [0.1, 0.15) is 0 Å². The highest BCUT2D eigenvalue weighted by Gasteiger charge is 2.19. The molecule has 1 saturated carbocycles. The summed E-state index contributed by atoms with van der Waals surface area (Å²) in [7, 11) is 0. The molecule has 0 bridgehead atoms. The molecule has 16 heavy (non-hydrogen) atoms. The number of nitrogens with zero attached hydrogens (tertiary/aromatic N) is 1. The summed E-state index contributed by atoms with van der Waals surface area (Å²) < 4.78 is 0. The summed E-state index contributed by atoms with van der Waals surface area (Å²) in [4.78, 5) is 4.10. The van der Waals surface area contributed by atoms with Crippen molar-refractivity contribution in [2.24, 2.45) is 5.92 Å². The predicted molar refractivity (Wildman–Crippen MR) is 65.2 cm³/mol. The van der Waals surface area contributed by atoms with Crippen molar-refractivity contribution >= 4 is 5.69 Å². The average Bonchev–Trinajstić information content (AvgIpc) is 2.30. The number of rotatable bonds is 3. The van der Waals surface area contributed by atoms with Crippen LogP contribution in [0.25, 0.3) is 0 Å². The molecule has 3 nitrogen and oxygen atoms in total. The molecular formula is C13H20N2O. The minimum Gasteiger partial charge on any atom is -0.392 e. The number of aliphatic hydroxyl groups is 1. The number of hydrogen-bond acceptors (Lipinski definition) is 3. The summed E-state index contributed by atoms with van der Waals surface area (Å²) in [6.45, 7) is 2.39. The average molecular weight is 220 g/mol. The molecule has 0 spiro atoms. The number of nitrogens with one attached hydrogen (secondary N) is 1. The Kier molecular flexibility index (Phi) is 3.78. The number of anilines is 1. The Hall–Kier alpha value is -1.09. The molecule has 2 rings (SSSR count). The molecule has 2 N–H and O–H groups in total. The fourth-order valence-electron chi connectivity index (χ4n) is 2.48. The number of aromatic nitrogens is 1. The van der Waals surface area contributed by atoms with Crippen LogP contribution in [0.15, 0.2) is 18.5 Å². The van der Waals surface area contributed by atoms with E-state index in [0.29, 0.717) is 6.04 Å². The van der Waals surface area contributed by atoms with Gasteiger partial charge in [-0.15, -0.1) is 0 Å². The van der Waals surface area contributed by atoms with E-state index in [1.54, 1.807) is 6.20 Å². The molecule has 2 atom stereocenters. The number of pyridine rings is 1. The third kappa shape index (κ3) is 2.73. The highest BCUT2D eigenvalue weighted by molar-refractivity contribution is 5.49. The van der Waals surface area contributed by atoms with E-state index in [1.165, 1.54) is 25.7 Å². The molecule has 2 unspecified atom stereocenters.